The highest BCUT2D eigenvalue weighted by Crippen LogP contribution is 2.21. The zero-order chi connectivity index (χ0) is 18.1. The molecule has 5 heteroatoms. The summed E-state index contributed by atoms with van der Waals surface area (Å²) in [5, 5.41) is 13.1. The Kier molecular flexibility index (Phi) is 7.79. The number of ether oxygens (including phenoxy) is 1. The number of allylic oxidation sites excluding steroid dienone is 4. The highest BCUT2D eigenvalue weighted by molar-refractivity contribution is 5.82. The molecule has 0 aliphatic carbocycles. The fourth-order valence-electron chi connectivity index (χ4n) is 3.09. The number of nitrogens with zero attached hydrogens (tertiary/aromatic N) is 1. The lowest BCUT2D eigenvalue weighted by Crippen LogP contribution is -2.40. The van der Waals surface area contributed by atoms with E-state index in [9.17, 15) is 9.90 Å². The van der Waals surface area contributed by atoms with E-state index in [1.54, 1.807) is 12.2 Å². The number of amides is 1. The van der Waals surface area contributed by atoms with Crippen LogP contribution in [0.25, 0.3) is 0 Å². The molecule has 25 heavy (non-hydrogen) atoms. The Morgan fingerprint density at radius 1 is 1.36 bits per heavy atom. The van der Waals surface area contributed by atoms with E-state index in [2.05, 4.69) is 11.9 Å². The molecule has 1 atom stereocenters. The lowest BCUT2D eigenvalue weighted by Gasteiger charge is -2.29. The van der Waals surface area contributed by atoms with Crippen molar-refractivity contribution in [1.82, 2.24) is 10.2 Å². The van der Waals surface area contributed by atoms with Crippen molar-refractivity contribution in [2.75, 3.05) is 32.8 Å². The Bertz CT molecular complexity index is 557. The second-order valence-corrected chi connectivity index (χ2v) is 6.52. The average Bonchev–Trinajstić information content (AvgIpc) is 3.11. The molecule has 2 heterocycles. The number of piperidine rings is 1. The first-order chi connectivity index (χ1) is 12.1. The van der Waals surface area contributed by atoms with Gasteiger partial charge in [-0.25, -0.2) is 0 Å². The molecular formula is C20H30N2O3. The van der Waals surface area contributed by atoms with Gasteiger partial charge in [-0.1, -0.05) is 31.7 Å². The van der Waals surface area contributed by atoms with Crippen molar-refractivity contribution in [1.29, 1.82) is 0 Å². The molecule has 0 spiro atoms. The van der Waals surface area contributed by atoms with Gasteiger partial charge < -0.3 is 20.1 Å². The maximum absolute atomic E-state index is 12.7. The van der Waals surface area contributed by atoms with Crippen LogP contribution in [0.3, 0.4) is 0 Å². The van der Waals surface area contributed by atoms with E-state index in [1.807, 2.05) is 24.0 Å². The van der Waals surface area contributed by atoms with Crippen LogP contribution in [0.5, 0.6) is 0 Å². The minimum atomic E-state index is -0.0665. The molecule has 0 bridgehead atoms. The SMILES string of the molecule is C=C(OCCC)\C(O)=C/C=C\C=C1\CNCC1C(=O)N1CCCCC1. The second-order valence-electron chi connectivity index (χ2n) is 6.52. The molecule has 0 aromatic carbocycles. The largest absolute Gasteiger partial charge is 0.504 e. The predicted molar refractivity (Wildman–Crippen MR) is 100 cm³/mol. The third-order valence-electron chi connectivity index (χ3n) is 4.53. The number of nitrogens with one attached hydrogen (secondary N) is 1. The molecule has 0 aromatic heterocycles. The summed E-state index contributed by atoms with van der Waals surface area (Å²) in [6.07, 6.45) is 11.4. The molecule has 1 unspecified atom stereocenters. The van der Waals surface area contributed by atoms with Gasteiger partial charge in [0.25, 0.3) is 0 Å². The Labute approximate surface area is 150 Å². The summed E-state index contributed by atoms with van der Waals surface area (Å²) in [4.78, 5) is 14.7. The summed E-state index contributed by atoms with van der Waals surface area (Å²) in [6, 6.07) is 0. The van der Waals surface area contributed by atoms with Gasteiger partial charge in [-0.15, -0.1) is 0 Å². The van der Waals surface area contributed by atoms with Crippen LogP contribution < -0.4 is 5.32 Å². The summed E-state index contributed by atoms with van der Waals surface area (Å²) in [6.45, 7) is 9.43. The van der Waals surface area contributed by atoms with Gasteiger partial charge in [0.15, 0.2) is 11.5 Å². The molecule has 2 aliphatic rings. The predicted octanol–water partition coefficient (Wildman–Crippen LogP) is 3.08. The smallest absolute Gasteiger partial charge is 0.231 e. The highest BCUT2D eigenvalue weighted by atomic mass is 16.5. The topological polar surface area (TPSA) is 61.8 Å². The minimum Gasteiger partial charge on any atom is -0.504 e. The Hall–Kier alpha value is -2.01. The average molecular weight is 346 g/mol. The molecule has 138 valence electrons. The van der Waals surface area contributed by atoms with Crippen LogP contribution in [-0.4, -0.2) is 48.7 Å². The summed E-state index contributed by atoms with van der Waals surface area (Å²) in [5.74, 6) is 0.473. The maximum Gasteiger partial charge on any atom is 0.231 e. The zero-order valence-electron chi connectivity index (χ0n) is 15.2. The summed E-state index contributed by atoms with van der Waals surface area (Å²) in [5.41, 5.74) is 1.10. The van der Waals surface area contributed by atoms with Crippen LogP contribution >= 0.6 is 0 Å². The van der Waals surface area contributed by atoms with Gasteiger partial charge in [-0.3, -0.25) is 4.79 Å². The number of aliphatic hydroxyl groups excluding tert-OH is 1. The molecule has 2 N–H and O–H groups in total. The first-order valence-electron chi connectivity index (χ1n) is 9.21. The number of likely N-dealkylation sites (tertiary alicyclic amines) is 1. The molecule has 2 saturated heterocycles. The van der Waals surface area contributed by atoms with Crippen LogP contribution in [0.15, 0.2) is 48.0 Å². The van der Waals surface area contributed by atoms with E-state index < -0.39 is 0 Å². The van der Waals surface area contributed by atoms with Crippen molar-refractivity contribution < 1.29 is 14.6 Å². The van der Waals surface area contributed by atoms with Gasteiger partial charge in [0.1, 0.15) is 0 Å². The number of hydrogen-bond donors (Lipinski definition) is 2. The van der Waals surface area contributed by atoms with Crippen LogP contribution in [-0.2, 0) is 9.53 Å². The van der Waals surface area contributed by atoms with E-state index in [1.165, 1.54) is 6.42 Å². The van der Waals surface area contributed by atoms with Crippen LogP contribution in [0.4, 0.5) is 0 Å². The van der Waals surface area contributed by atoms with Crippen molar-refractivity contribution in [2.24, 2.45) is 5.92 Å². The standard InChI is InChI=1S/C20H30N2O3/c1-3-13-25-16(2)19(23)10-6-5-9-17-14-21-15-18(17)20(24)22-11-7-4-8-12-22/h5-6,9-10,18,21,23H,2-4,7-8,11-15H2,1H3/b6-5-,17-9-,19-10+. The summed E-state index contributed by atoms with van der Waals surface area (Å²) in [7, 11) is 0. The van der Waals surface area contributed by atoms with E-state index in [0.717, 1.165) is 44.5 Å². The Morgan fingerprint density at radius 2 is 2.12 bits per heavy atom. The van der Waals surface area contributed by atoms with Crippen molar-refractivity contribution in [3.63, 3.8) is 0 Å². The first kappa shape index (κ1) is 19.3. The Morgan fingerprint density at radius 3 is 2.84 bits per heavy atom. The quantitative estimate of drug-likeness (QED) is 0.549. The third-order valence-corrected chi connectivity index (χ3v) is 4.53. The van der Waals surface area contributed by atoms with Crippen molar-refractivity contribution in [3.8, 4) is 0 Å². The highest BCUT2D eigenvalue weighted by Gasteiger charge is 2.31. The molecule has 5 nitrogen and oxygen atoms in total. The van der Waals surface area contributed by atoms with Gasteiger partial charge in [-0.2, -0.15) is 0 Å². The van der Waals surface area contributed by atoms with Crippen LogP contribution in [0.2, 0.25) is 0 Å². The van der Waals surface area contributed by atoms with Crippen molar-refractivity contribution in [2.45, 2.75) is 32.6 Å². The number of carbonyl (C=O) groups is 1. The second kappa shape index (κ2) is 10.1. The zero-order valence-corrected chi connectivity index (χ0v) is 15.2. The normalized spacial score (nSPS) is 23.4. The van der Waals surface area contributed by atoms with Gasteiger partial charge in [0.05, 0.1) is 12.5 Å². The fraction of sp³-hybridized carbons (Fsp3) is 0.550. The maximum atomic E-state index is 12.7. The van der Waals surface area contributed by atoms with E-state index in [0.29, 0.717) is 13.2 Å². The number of hydrogen-bond acceptors (Lipinski definition) is 4. The number of aliphatic hydroxyl groups is 1. The number of carbonyl (C=O) groups excluding carboxylic acids is 1. The van der Waals surface area contributed by atoms with E-state index in [-0.39, 0.29) is 23.3 Å². The molecule has 1 amide bonds. The van der Waals surface area contributed by atoms with Crippen LogP contribution in [0.1, 0.15) is 32.6 Å². The molecule has 2 rings (SSSR count). The van der Waals surface area contributed by atoms with Gasteiger partial charge in [0.2, 0.25) is 5.91 Å². The lowest BCUT2D eigenvalue weighted by molar-refractivity contribution is -0.134. The van der Waals surface area contributed by atoms with Gasteiger partial charge in [-0.05, 0) is 37.3 Å². The minimum absolute atomic E-state index is 0.0218. The van der Waals surface area contributed by atoms with Crippen molar-refractivity contribution in [3.05, 3.63) is 48.0 Å². The van der Waals surface area contributed by atoms with Crippen LogP contribution in [0, 0.1) is 5.92 Å². The molecule has 0 aromatic rings. The fourth-order valence-corrected chi connectivity index (χ4v) is 3.09. The third kappa shape index (κ3) is 5.78. The molecule has 2 fully saturated rings. The number of rotatable bonds is 7. The van der Waals surface area contributed by atoms with Crippen molar-refractivity contribution >= 4 is 5.91 Å². The lowest BCUT2D eigenvalue weighted by atomic mass is 9.99. The monoisotopic (exact) mass is 346 g/mol. The summed E-state index contributed by atoms with van der Waals surface area (Å²) >= 11 is 0. The summed E-state index contributed by atoms with van der Waals surface area (Å²) < 4.78 is 5.28. The van der Waals surface area contributed by atoms with Gasteiger partial charge in [0, 0.05) is 26.2 Å². The van der Waals surface area contributed by atoms with E-state index >= 15 is 0 Å². The Balaban J connectivity index is 1.92. The molecular weight excluding hydrogens is 316 g/mol. The molecule has 0 saturated carbocycles. The molecule has 2 aliphatic heterocycles. The molecule has 0 radical (unpaired) electrons. The van der Waals surface area contributed by atoms with E-state index in [4.69, 9.17) is 4.74 Å². The van der Waals surface area contributed by atoms with Gasteiger partial charge >= 0.3 is 0 Å². The first-order valence-corrected chi connectivity index (χ1v) is 9.21.